The van der Waals surface area contributed by atoms with E-state index in [1.54, 1.807) is 6.08 Å². The molecule has 3 N–H and O–H groups in total. The first-order valence-electron chi connectivity index (χ1n) is 20.0. The average molecular weight is 678 g/mol. The van der Waals surface area contributed by atoms with E-state index < -0.39 is 12.1 Å². The highest BCUT2D eigenvalue weighted by atomic mass is 16.3. The molecule has 0 spiro atoms. The van der Waals surface area contributed by atoms with Gasteiger partial charge in [-0.05, 0) is 77.0 Å². The van der Waals surface area contributed by atoms with Gasteiger partial charge in [-0.15, -0.1) is 0 Å². The molecule has 1 amide bonds. The van der Waals surface area contributed by atoms with Crippen molar-refractivity contribution in [3.63, 3.8) is 0 Å². The first kappa shape index (κ1) is 46.3. The average Bonchev–Trinajstić information content (AvgIpc) is 3.10. The number of unbranched alkanes of at least 4 members (excludes halogenated alkanes) is 13. The van der Waals surface area contributed by atoms with Crippen molar-refractivity contribution in [2.24, 2.45) is 0 Å². The summed E-state index contributed by atoms with van der Waals surface area (Å²) in [6.45, 7) is 4.13. The van der Waals surface area contributed by atoms with Gasteiger partial charge >= 0.3 is 0 Å². The first-order chi connectivity index (χ1) is 24.2. The Morgan fingerprint density at radius 2 is 0.898 bits per heavy atom. The fraction of sp³-hybridized carbons (Fsp3) is 0.622. The van der Waals surface area contributed by atoms with Gasteiger partial charge in [0, 0.05) is 6.42 Å². The number of hydrogen-bond acceptors (Lipinski definition) is 3. The fourth-order valence-corrected chi connectivity index (χ4v) is 5.27. The third-order valence-electron chi connectivity index (χ3n) is 8.32. The quantitative estimate of drug-likeness (QED) is 0.0469. The summed E-state index contributed by atoms with van der Waals surface area (Å²) in [5.74, 6) is -0.0850. The molecule has 0 aliphatic rings. The van der Waals surface area contributed by atoms with E-state index in [2.05, 4.69) is 104 Å². The van der Waals surface area contributed by atoms with E-state index in [0.29, 0.717) is 6.42 Å². The second kappa shape index (κ2) is 39.7. The van der Waals surface area contributed by atoms with Gasteiger partial charge in [0.15, 0.2) is 0 Å². The lowest BCUT2D eigenvalue weighted by Gasteiger charge is -2.20. The number of nitrogens with one attached hydrogen (secondary N) is 1. The molecule has 2 atom stereocenters. The van der Waals surface area contributed by atoms with Crippen LogP contribution in [-0.2, 0) is 4.79 Å². The van der Waals surface area contributed by atoms with Crippen molar-refractivity contribution < 1.29 is 15.0 Å². The molecule has 0 aromatic rings. The fourth-order valence-electron chi connectivity index (χ4n) is 5.27. The number of carbonyl (C=O) groups excluding carboxylic acids is 1. The predicted molar refractivity (Wildman–Crippen MR) is 216 cm³/mol. The zero-order chi connectivity index (χ0) is 35.7. The predicted octanol–water partition coefficient (Wildman–Crippen LogP) is 12.3. The highest BCUT2D eigenvalue weighted by Crippen LogP contribution is 2.11. The topological polar surface area (TPSA) is 69.6 Å². The molecule has 0 aliphatic heterocycles. The molecule has 4 heteroatoms. The Kier molecular flexibility index (Phi) is 37.6. The van der Waals surface area contributed by atoms with Crippen LogP contribution in [0.2, 0.25) is 0 Å². The molecular weight excluding hydrogens is 602 g/mol. The maximum atomic E-state index is 12.3. The summed E-state index contributed by atoms with van der Waals surface area (Å²) >= 11 is 0. The third-order valence-corrected chi connectivity index (χ3v) is 8.32. The molecule has 0 rings (SSSR count). The van der Waals surface area contributed by atoms with Gasteiger partial charge in [-0.2, -0.15) is 0 Å². The number of carbonyl (C=O) groups is 1. The van der Waals surface area contributed by atoms with Crippen LogP contribution in [-0.4, -0.2) is 34.9 Å². The van der Waals surface area contributed by atoms with Crippen LogP contribution in [0.25, 0.3) is 0 Å². The summed E-state index contributed by atoms with van der Waals surface area (Å²) in [6.07, 6.45) is 59.4. The van der Waals surface area contributed by atoms with Crippen LogP contribution >= 0.6 is 0 Å². The highest BCUT2D eigenvalue weighted by Gasteiger charge is 2.17. The van der Waals surface area contributed by atoms with Gasteiger partial charge in [-0.1, -0.05) is 175 Å². The standard InChI is InChI=1S/C45H75NO3/c1-3-5-7-9-11-13-14-15-16-17-18-19-20-21-22-23-24-25-26-27-28-29-30-31-32-33-35-37-39-41-45(49)46-43(42-47)44(48)40-38-36-34-12-10-8-6-4-2/h5,7,11,13,15-16,18-19,21-22,24-25,27-28,38,40,43-44,47-48H,3-4,6,8-10,12,14,17,20,23,26,29-37,39,41-42H2,1-2H3,(H,46,49)/b7-5-,13-11-,16-15-,19-18-,22-21-,25-24-,28-27-,40-38+. The normalized spacial score (nSPS) is 14.1. The van der Waals surface area contributed by atoms with Crippen LogP contribution < -0.4 is 5.32 Å². The largest absolute Gasteiger partial charge is 0.394 e. The molecule has 0 radical (unpaired) electrons. The van der Waals surface area contributed by atoms with Crippen LogP contribution in [0.15, 0.2) is 97.2 Å². The van der Waals surface area contributed by atoms with Gasteiger partial charge < -0.3 is 15.5 Å². The van der Waals surface area contributed by atoms with Crippen LogP contribution in [0.1, 0.15) is 162 Å². The van der Waals surface area contributed by atoms with Crippen molar-refractivity contribution in [1.29, 1.82) is 0 Å². The molecule has 0 aromatic carbocycles. The first-order valence-corrected chi connectivity index (χ1v) is 20.0. The maximum Gasteiger partial charge on any atom is 0.220 e. The summed E-state index contributed by atoms with van der Waals surface area (Å²) < 4.78 is 0. The molecule has 0 aromatic heterocycles. The van der Waals surface area contributed by atoms with Crippen molar-refractivity contribution in [2.75, 3.05) is 6.61 Å². The lowest BCUT2D eigenvalue weighted by Crippen LogP contribution is -2.45. The molecule has 0 aliphatic carbocycles. The summed E-state index contributed by atoms with van der Waals surface area (Å²) in [5, 5.41) is 22.8. The zero-order valence-electron chi connectivity index (χ0n) is 31.7. The van der Waals surface area contributed by atoms with Gasteiger partial charge in [0.25, 0.3) is 0 Å². The number of aliphatic hydroxyl groups is 2. The van der Waals surface area contributed by atoms with Crippen molar-refractivity contribution in [3.8, 4) is 0 Å². The van der Waals surface area contributed by atoms with Crippen LogP contribution in [0.3, 0.4) is 0 Å². The molecule has 0 bridgehead atoms. The summed E-state index contributed by atoms with van der Waals surface area (Å²) in [6, 6.07) is -0.632. The minimum Gasteiger partial charge on any atom is -0.394 e. The second-order valence-electron chi connectivity index (χ2n) is 13.0. The Hall–Kier alpha value is -2.69. The van der Waals surface area contributed by atoms with E-state index in [9.17, 15) is 15.0 Å². The Bertz CT molecular complexity index is 952. The number of aliphatic hydroxyl groups excluding tert-OH is 2. The van der Waals surface area contributed by atoms with Gasteiger partial charge in [0.05, 0.1) is 18.8 Å². The minimum atomic E-state index is -0.847. The number of allylic oxidation sites excluding steroid dienone is 15. The number of rotatable bonds is 34. The van der Waals surface area contributed by atoms with Crippen molar-refractivity contribution in [3.05, 3.63) is 97.2 Å². The van der Waals surface area contributed by atoms with Crippen LogP contribution in [0.4, 0.5) is 0 Å². The zero-order valence-corrected chi connectivity index (χ0v) is 31.7. The Labute approximate surface area is 303 Å². The monoisotopic (exact) mass is 678 g/mol. The van der Waals surface area contributed by atoms with Gasteiger partial charge in [0.1, 0.15) is 0 Å². The minimum absolute atomic E-state index is 0.0850. The van der Waals surface area contributed by atoms with Gasteiger partial charge in [-0.3, -0.25) is 4.79 Å². The van der Waals surface area contributed by atoms with E-state index in [1.165, 1.54) is 57.8 Å². The summed E-state index contributed by atoms with van der Waals surface area (Å²) in [7, 11) is 0. The lowest BCUT2D eigenvalue weighted by molar-refractivity contribution is -0.123. The third kappa shape index (κ3) is 36.4. The van der Waals surface area contributed by atoms with E-state index in [1.807, 2.05) is 6.08 Å². The molecule has 0 saturated carbocycles. The van der Waals surface area contributed by atoms with Crippen molar-refractivity contribution in [2.45, 2.75) is 174 Å². The molecule has 2 unspecified atom stereocenters. The molecule has 0 saturated heterocycles. The van der Waals surface area contributed by atoms with Gasteiger partial charge in [0.2, 0.25) is 5.91 Å². The van der Waals surface area contributed by atoms with Crippen LogP contribution in [0, 0.1) is 0 Å². The molecule has 278 valence electrons. The van der Waals surface area contributed by atoms with Gasteiger partial charge in [-0.25, -0.2) is 0 Å². The SMILES string of the molecule is CC/C=C\C/C=C\C/C=C\C/C=C\C/C=C\C/C=C\C/C=C\CCCCCCCCCC(=O)NC(CO)C(O)/C=C/CCCCCCCC. The van der Waals surface area contributed by atoms with Crippen molar-refractivity contribution >= 4 is 5.91 Å². The summed E-state index contributed by atoms with van der Waals surface area (Å²) in [5.41, 5.74) is 0. The number of hydrogen-bond donors (Lipinski definition) is 3. The molecule has 0 heterocycles. The van der Waals surface area contributed by atoms with E-state index >= 15 is 0 Å². The van der Waals surface area contributed by atoms with Crippen molar-refractivity contribution in [1.82, 2.24) is 5.32 Å². The molecule has 4 nitrogen and oxygen atoms in total. The molecular formula is C45H75NO3. The Morgan fingerprint density at radius 3 is 1.35 bits per heavy atom. The Morgan fingerprint density at radius 1 is 0.510 bits per heavy atom. The smallest absolute Gasteiger partial charge is 0.220 e. The summed E-state index contributed by atoms with van der Waals surface area (Å²) in [4.78, 5) is 12.3. The van der Waals surface area contributed by atoms with E-state index in [-0.39, 0.29) is 12.5 Å². The lowest BCUT2D eigenvalue weighted by atomic mass is 10.1. The number of amides is 1. The highest BCUT2D eigenvalue weighted by molar-refractivity contribution is 5.76. The maximum absolute atomic E-state index is 12.3. The Balaban J connectivity index is 3.65. The van der Waals surface area contributed by atoms with E-state index in [4.69, 9.17) is 0 Å². The van der Waals surface area contributed by atoms with Crippen LogP contribution in [0.5, 0.6) is 0 Å². The molecule has 0 fully saturated rings. The second-order valence-corrected chi connectivity index (χ2v) is 13.0. The molecule has 49 heavy (non-hydrogen) atoms. The van der Waals surface area contributed by atoms with E-state index in [0.717, 1.165) is 83.5 Å².